The van der Waals surface area contributed by atoms with Crippen LogP contribution in [0.2, 0.25) is 0 Å². The SMILES string of the molecule is Cc1cc(OCCCC[NH+]2C[C@@H](C)O[C@H](C)C2)ccc1[N+](=O)[O-]. The molecule has 6 heteroatoms. The van der Waals surface area contributed by atoms with Crippen LogP contribution in [0.5, 0.6) is 5.75 Å². The number of morpholine rings is 1. The van der Waals surface area contributed by atoms with Crippen LogP contribution in [0.15, 0.2) is 18.2 Å². The summed E-state index contributed by atoms with van der Waals surface area (Å²) in [5.41, 5.74) is 0.768. The maximum Gasteiger partial charge on any atom is 0.272 e. The highest BCUT2D eigenvalue weighted by molar-refractivity contribution is 5.44. The molecule has 0 radical (unpaired) electrons. The third-order valence-electron chi connectivity index (χ3n) is 4.18. The molecule has 0 spiro atoms. The lowest BCUT2D eigenvalue weighted by Gasteiger charge is -2.32. The molecular formula is C17H27N2O4+. The molecule has 0 amide bonds. The van der Waals surface area contributed by atoms with Crippen molar-refractivity contribution >= 4 is 5.69 Å². The Balaban J connectivity index is 1.67. The van der Waals surface area contributed by atoms with Crippen LogP contribution in [0.3, 0.4) is 0 Å². The number of nitro groups is 1. The van der Waals surface area contributed by atoms with Crippen LogP contribution in [0.1, 0.15) is 32.3 Å². The molecule has 1 aromatic rings. The molecule has 6 nitrogen and oxygen atoms in total. The predicted octanol–water partition coefficient (Wildman–Crippen LogP) is 1.75. The summed E-state index contributed by atoms with van der Waals surface area (Å²) in [6.45, 7) is 9.94. The molecule has 0 aliphatic carbocycles. The molecule has 1 aromatic carbocycles. The second-order valence-electron chi connectivity index (χ2n) is 6.43. The largest absolute Gasteiger partial charge is 0.494 e. The van der Waals surface area contributed by atoms with Crippen LogP contribution in [-0.4, -0.2) is 43.4 Å². The van der Waals surface area contributed by atoms with Gasteiger partial charge in [-0.1, -0.05) is 0 Å². The number of nitro benzene ring substituents is 1. The Labute approximate surface area is 137 Å². The first-order chi connectivity index (χ1) is 11.0. The van der Waals surface area contributed by atoms with Gasteiger partial charge in [-0.25, -0.2) is 0 Å². The van der Waals surface area contributed by atoms with Crippen molar-refractivity contribution in [3.05, 3.63) is 33.9 Å². The third-order valence-corrected chi connectivity index (χ3v) is 4.18. The van der Waals surface area contributed by atoms with Crippen LogP contribution >= 0.6 is 0 Å². The molecule has 0 unspecified atom stereocenters. The van der Waals surface area contributed by atoms with E-state index in [1.165, 1.54) is 6.07 Å². The fourth-order valence-electron chi connectivity index (χ4n) is 3.18. The summed E-state index contributed by atoms with van der Waals surface area (Å²) in [4.78, 5) is 12.0. The molecule has 2 rings (SSSR count). The molecule has 1 aliphatic rings. The number of benzene rings is 1. The Morgan fingerprint density at radius 3 is 2.61 bits per heavy atom. The number of nitrogens with one attached hydrogen (secondary N) is 1. The fraction of sp³-hybridized carbons (Fsp3) is 0.647. The van der Waals surface area contributed by atoms with Gasteiger partial charge in [-0.05, 0) is 45.7 Å². The highest BCUT2D eigenvalue weighted by Gasteiger charge is 2.24. The van der Waals surface area contributed by atoms with Gasteiger partial charge in [0, 0.05) is 11.6 Å². The van der Waals surface area contributed by atoms with Gasteiger partial charge in [0.05, 0.1) is 18.1 Å². The third kappa shape index (κ3) is 5.48. The summed E-state index contributed by atoms with van der Waals surface area (Å²) in [5, 5.41) is 10.8. The van der Waals surface area contributed by atoms with Crippen LogP contribution in [0, 0.1) is 17.0 Å². The maximum atomic E-state index is 10.8. The Morgan fingerprint density at radius 2 is 2.00 bits per heavy atom. The number of nitrogens with zero attached hydrogens (tertiary/aromatic N) is 1. The lowest BCUT2D eigenvalue weighted by atomic mass is 10.2. The quantitative estimate of drug-likeness (QED) is 0.472. The summed E-state index contributed by atoms with van der Waals surface area (Å²) in [6.07, 6.45) is 2.78. The zero-order valence-corrected chi connectivity index (χ0v) is 14.2. The second kappa shape index (κ2) is 8.26. The van der Waals surface area contributed by atoms with E-state index in [0.717, 1.165) is 32.5 Å². The smallest absolute Gasteiger partial charge is 0.272 e. The normalized spacial score (nSPS) is 24.4. The Morgan fingerprint density at radius 1 is 1.30 bits per heavy atom. The van der Waals surface area contributed by atoms with E-state index in [2.05, 4.69) is 13.8 Å². The second-order valence-corrected chi connectivity index (χ2v) is 6.43. The molecule has 128 valence electrons. The number of hydrogen-bond acceptors (Lipinski definition) is 4. The van der Waals surface area contributed by atoms with E-state index >= 15 is 0 Å². The molecule has 0 saturated carbocycles. The van der Waals surface area contributed by atoms with Gasteiger partial charge in [0.15, 0.2) is 0 Å². The molecule has 1 fully saturated rings. The Hall–Kier alpha value is -1.66. The van der Waals surface area contributed by atoms with Gasteiger partial charge >= 0.3 is 0 Å². The molecule has 1 aliphatic heterocycles. The van der Waals surface area contributed by atoms with Crippen molar-refractivity contribution in [1.29, 1.82) is 0 Å². The van der Waals surface area contributed by atoms with Crippen LogP contribution in [0.25, 0.3) is 0 Å². The first-order valence-corrected chi connectivity index (χ1v) is 8.32. The number of ether oxygens (including phenoxy) is 2. The lowest BCUT2D eigenvalue weighted by molar-refractivity contribution is -0.915. The van der Waals surface area contributed by atoms with E-state index < -0.39 is 0 Å². The van der Waals surface area contributed by atoms with Crippen molar-refractivity contribution in [2.24, 2.45) is 0 Å². The summed E-state index contributed by atoms with van der Waals surface area (Å²) in [7, 11) is 0. The number of aryl methyl sites for hydroxylation is 1. The van der Waals surface area contributed by atoms with E-state index in [1.807, 2.05) is 0 Å². The summed E-state index contributed by atoms with van der Waals surface area (Å²) < 4.78 is 11.4. The van der Waals surface area contributed by atoms with Gasteiger partial charge in [0.2, 0.25) is 0 Å². The molecule has 1 N–H and O–H groups in total. The average molecular weight is 323 g/mol. The van der Waals surface area contributed by atoms with Crippen molar-refractivity contribution in [1.82, 2.24) is 0 Å². The number of rotatable bonds is 7. The fourth-order valence-corrected chi connectivity index (χ4v) is 3.18. The molecule has 0 aromatic heterocycles. The summed E-state index contributed by atoms with van der Waals surface area (Å²) >= 11 is 0. The standard InChI is InChI=1S/C17H26N2O4/c1-13-10-16(6-7-17(13)19(20)21)22-9-5-4-8-18-11-14(2)23-15(3)12-18/h6-7,10,14-15H,4-5,8-9,11-12H2,1-3H3/p+1/t14-,15-/m1/s1. The van der Waals surface area contributed by atoms with Crippen molar-refractivity contribution < 1.29 is 19.3 Å². The topological polar surface area (TPSA) is 66.0 Å². The minimum Gasteiger partial charge on any atom is -0.494 e. The summed E-state index contributed by atoms with van der Waals surface area (Å²) in [5.74, 6) is 0.703. The van der Waals surface area contributed by atoms with Gasteiger partial charge in [-0.3, -0.25) is 10.1 Å². The average Bonchev–Trinajstić information content (AvgIpc) is 2.45. The van der Waals surface area contributed by atoms with Crippen molar-refractivity contribution in [2.75, 3.05) is 26.2 Å². The first-order valence-electron chi connectivity index (χ1n) is 8.32. The van der Waals surface area contributed by atoms with Crippen molar-refractivity contribution in [3.8, 4) is 5.75 Å². The van der Waals surface area contributed by atoms with Gasteiger partial charge in [0.25, 0.3) is 5.69 Å². The predicted molar refractivity (Wildman–Crippen MR) is 88.1 cm³/mol. The van der Waals surface area contributed by atoms with Crippen molar-refractivity contribution in [2.45, 2.75) is 45.8 Å². The number of quaternary nitrogens is 1. The lowest BCUT2D eigenvalue weighted by Crippen LogP contribution is -3.15. The highest BCUT2D eigenvalue weighted by atomic mass is 16.6. The van der Waals surface area contributed by atoms with Gasteiger partial charge in [-0.15, -0.1) is 0 Å². The van der Waals surface area contributed by atoms with E-state index in [1.54, 1.807) is 24.0 Å². The Bertz CT molecular complexity index is 525. The number of hydrogen-bond donors (Lipinski definition) is 1. The molecular weight excluding hydrogens is 296 g/mol. The van der Waals surface area contributed by atoms with Gasteiger partial charge in [-0.2, -0.15) is 0 Å². The molecule has 0 bridgehead atoms. The van der Waals surface area contributed by atoms with Gasteiger partial charge in [0.1, 0.15) is 31.0 Å². The molecule has 2 atom stereocenters. The first kappa shape index (κ1) is 17.7. The minimum absolute atomic E-state index is 0.136. The van der Waals surface area contributed by atoms with E-state index in [9.17, 15) is 10.1 Å². The molecule has 1 saturated heterocycles. The van der Waals surface area contributed by atoms with Crippen LogP contribution in [-0.2, 0) is 4.74 Å². The van der Waals surface area contributed by atoms with Crippen LogP contribution in [0.4, 0.5) is 5.69 Å². The molecule has 23 heavy (non-hydrogen) atoms. The maximum absolute atomic E-state index is 10.8. The molecule has 1 heterocycles. The van der Waals surface area contributed by atoms with Crippen molar-refractivity contribution in [3.63, 3.8) is 0 Å². The zero-order valence-electron chi connectivity index (χ0n) is 14.2. The zero-order chi connectivity index (χ0) is 16.8. The highest BCUT2D eigenvalue weighted by Crippen LogP contribution is 2.23. The van der Waals surface area contributed by atoms with E-state index in [4.69, 9.17) is 9.47 Å². The van der Waals surface area contributed by atoms with E-state index in [0.29, 0.717) is 30.1 Å². The van der Waals surface area contributed by atoms with E-state index in [-0.39, 0.29) is 10.6 Å². The van der Waals surface area contributed by atoms with Gasteiger partial charge < -0.3 is 14.4 Å². The monoisotopic (exact) mass is 323 g/mol. The minimum atomic E-state index is -0.369. The Kier molecular flexibility index (Phi) is 6.36. The van der Waals surface area contributed by atoms with Crippen LogP contribution < -0.4 is 9.64 Å². The summed E-state index contributed by atoms with van der Waals surface area (Å²) in [6, 6.07) is 4.90. The number of unbranched alkanes of at least 4 members (excludes halogenated alkanes) is 1.